The van der Waals surface area contributed by atoms with Gasteiger partial charge in [0, 0.05) is 12.1 Å². The van der Waals surface area contributed by atoms with Crippen molar-refractivity contribution >= 4 is 40.5 Å². The van der Waals surface area contributed by atoms with Gasteiger partial charge in [-0.25, -0.2) is 0 Å². The molecule has 0 radical (unpaired) electrons. The number of rotatable bonds is 6. The molecule has 0 saturated carbocycles. The third-order valence-corrected chi connectivity index (χ3v) is 4.61. The highest BCUT2D eigenvalue weighted by Gasteiger charge is 2.12. The average Bonchev–Trinajstić information content (AvgIpc) is 2.72. The fourth-order valence-electron chi connectivity index (χ4n) is 2.66. The van der Waals surface area contributed by atoms with E-state index in [0.29, 0.717) is 33.5 Å². The number of nitrogens with zero attached hydrogens (tertiary/aromatic N) is 2. The first-order valence-electron chi connectivity index (χ1n) is 8.50. The number of non-ortho nitro benzene ring substituents is 1. The minimum atomic E-state index is -0.509. The van der Waals surface area contributed by atoms with E-state index in [-0.39, 0.29) is 11.3 Å². The Morgan fingerprint density at radius 1 is 1.07 bits per heavy atom. The minimum Gasteiger partial charge on any atom is -0.486 e. The molecule has 0 aliphatic rings. The molecule has 5 nitrogen and oxygen atoms in total. The van der Waals surface area contributed by atoms with E-state index in [1.54, 1.807) is 24.3 Å². The van der Waals surface area contributed by atoms with Gasteiger partial charge in [-0.1, -0.05) is 65.7 Å². The Hall–Kier alpha value is -3.33. The Morgan fingerprint density at radius 3 is 2.38 bits per heavy atom. The van der Waals surface area contributed by atoms with Gasteiger partial charge >= 0.3 is 0 Å². The molecular formula is C22H14Cl2N2O3. The summed E-state index contributed by atoms with van der Waals surface area (Å²) in [6.45, 7) is 0.312. The van der Waals surface area contributed by atoms with Crippen LogP contribution in [0.15, 0.2) is 66.7 Å². The standard InChI is InChI=1S/C22H14Cl2N2O3/c23-20-10-16(9-18(13-25)17-7-4-8-19(12-17)26(27)28)11-21(24)22(20)29-14-15-5-2-1-3-6-15/h1-12H,14H2. The summed E-state index contributed by atoms with van der Waals surface area (Å²) >= 11 is 12.7. The molecule has 3 aromatic carbocycles. The van der Waals surface area contributed by atoms with Crippen LogP contribution in [0.1, 0.15) is 16.7 Å². The molecule has 0 aliphatic carbocycles. The summed E-state index contributed by atoms with van der Waals surface area (Å²) < 4.78 is 5.74. The van der Waals surface area contributed by atoms with Crippen molar-refractivity contribution in [3.05, 3.63) is 104 Å². The summed E-state index contributed by atoms with van der Waals surface area (Å²) in [5, 5.41) is 21.1. The summed E-state index contributed by atoms with van der Waals surface area (Å²) in [6, 6.07) is 20.8. The van der Waals surface area contributed by atoms with Gasteiger partial charge in [0.1, 0.15) is 6.61 Å². The predicted molar refractivity (Wildman–Crippen MR) is 114 cm³/mol. The van der Waals surface area contributed by atoms with Gasteiger partial charge in [-0.3, -0.25) is 10.1 Å². The lowest BCUT2D eigenvalue weighted by Crippen LogP contribution is -1.96. The molecule has 7 heteroatoms. The van der Waals surface area contributed by atoms with Crippen LogP contribution in [0.2, 0.25) is 10.0 Å². The van der Waals surface area contributed by atoms with Crippen molar-refractivity contribution in [3.8, 4) is 11.8 Å². The van der Waals surface area contributed by atoms with Crippen LogP contribution in [-0.4, -0.2) is 4.92 Å². The Balaban J connectivity index is 1.88. The number of hydrogen-bond donors (Lipinski definition) is 0. The van der Waals surface area contributed by atoms with E-state index in [4.69, 9.17) is 27.9 Å². The second-order valence-corrected chi connectivity index (χ2v) is 6.88. The second kappa shape index (κ2) is 9.24. The first kappa shape index (κ1) is 20.4. The van der Waals surface area contributed by atoms with Crippen molar-refractivity contribution in [1.82, 2.24) is 0 Å². The second-order valence-electron chi connectivity index (χ2n) is 6.07. The maximum absolute atomic E-state index is 11.0. The molecule has 0 fully saturated rings. The van der Waals surface area contributed by atoms with Crippen molar-refractivity contribution in [2.75, 3.05) is 0 Å². The van der Waals surface area contributed by atoms with Crippen molar-refractivity contribution < 1.29 is 9.66 Å². The molecule has 0 saturated heterocycles. The molecular weight excluding hydrogens is 411 g/mol. The highest BCUT2D eigenvalue weighted by Crippen LogP contribution is 2.36. The maximum Gasteiger partial charge on any atom is 0.270 e. The van der Waals surface area contributed by atoms with Crippen LogP contribution in [-0.2, 0) is 6.61 Å². The molecule has 0 aromatic heterocycles. The van der Waals surface area contributed by atoms with E-state index in [1.165, 1.54) is 18.2 Å². The Morgan fingerprint density at radius 2 is 1.76 bits per heavy atom. The molecule has 3 rings (SSSR count). The average molecular weight is 425 g/mol. The zero-order valence-electron chi connectivity index (χ0n) is 15.0. The topological polar surface area (TPSA) is 76.2 Å². The van der Waals surface area contributed by atoms with E-state index in [9.17, 15) is 15.4 Å². The van der Waals surface area contributed by atoms with Crippen molar-refractivity contribution in [1.29, 1.82) is 5.26 Å². The number of allylic oxidation sites excluding steroid dienone is 1. The van der Waals surface area contributed by atoms with Crippen LogP contribution in [0.4, 0.5) is 5.69 Å². The summed E-state index contributed by atoms with van der Waals surface area (Å²) in [4.78, 5) is 10.5. The van der Waals surface area contributed by atoms with E-state index < -0.39 is 4.92 Å². The zero-order chi connectivity index (χ0) is 20.8. The van der Waals surface area contributed by atoms with Gasteiger partial charge in [0.2, 0.25) is 0 Å². The van der Waals surface area contributed by atoms with Gasteiger partial charge in [-0.2, -0.15) is 5.26 Å². The first-order valence-corrected chi connectivity index (χ1v) is 9.26. The number of nitro groups is 1. The van der Waals surface area contributed by atoms with E-state index in [0.717, 1.165) is 5.56 Å². The summed E-state index contributed by atoms with van der Waals surface area (Å²) in [6.07, 6.45) is 1.57. The first-order chi connectivity index (χ1) is 14.0. The van der Waals surface area contributed by atoms with Crippen LogP contribution in [0.25, 0.3) is 11.6 Å². The lowest BCUT2D eigenvalue weighted by molar-refractivity contribution is -0.384. The fourth-order valence-corrected chi connectivity index (χ4v) is 3.28. The number of nitro benzene ring substituents is 1. The Labute approximate surface area is 177 Å². The molecule has 0 heterocycles. The fraction of sp³-hybridized carbons (Fsp3) is 0.0455. The smallest absolute Gasteiger partial charge is 0.270 e. The quantitative estimate of drug-likeness (QED) is 0.194. The number of ether oxygens (including phenoxy) is 1. The Bertz CT molecular complexity index is 1100. The van der Waals surface area contributed by atoms with Gasteiger partial charge in [0.25, 0.3) is 5.69 Å². The molecule has 0 N–H and O–H groups in total. The van der Waals surface area contributed by atoms with E-state index in [1.807, 2.05) is 30.3 Å². The van der Waals surface area contributed by atoms with Crippen molar-refractivity contribution in [3.63, 3.8) is 0 Å². The van der Waals surface area contributed by atoms with Crippen LogP contribution >= 0.6 is 23.2 Å². The molecule has 0 atom stereocenters. The summed E-state index contributed by atoms with van der Waals surface area (Å²) in [5.74, 6) is 0.350. The van der Waals surface area contributed by atoms with Crippen molar-refractivity contribution in [2.45, 2.75) is 6.61 Å². The highest BCUT2D eigenvalue weighted by atomic mass is 35.5. The van der Waals surface area contributed by atoms with Crippen LogP contribution in [0.5, 0.6) is 5.75 Å². The number of nitriles is 1. The molecule has 0 aliphatic heterocycles. The number of halogens is 2. The molecule has 0 bridgehead atoms. The molecule has 144 valence electrons. The monoisotopic (exact) mass is 424 g/mol. The largest absolute Gasteiger partial charge is 0.486 e. The van der Waals surface area contributed by atoms with Gasteiger partial charge in [-0.05, 0) is 34.9 Å². The summed E-state index contributed by atoms with van der Waals surface area (Å²) in [5.41, 5.74) is 2.14. The SMILES string of the molecule is N#CC(=Cc1cc(Cl)c(OCc2ccccc2)c(Cl)c1)c1cccc([N+](=O)[O-])c1. The number of hydrogen-bond acceptors (Lipinski definition) is 4. The summed E-state index contributed by atoms with van der Waals surface area (Å²) in [7, 11) is 0. The van der Waals surface area contributed by atoms with Gasteiger partial charge < -0.3 is 4.74 Å². The van der Waals surface area contributed by atoms with Crippen LogP contribution < -0.4 is 4.74 Å². The molecule has 0 unspecified atom stereocenters. The van der Waals surface area contributed by atoms with E-state index in [2.05, 4.69) is 6.07 Å². The van der Waals surface area contributed by atoms with E-state index >= 15 is 0 Å². The molecule has 0 spiro atoms. The minimum absolute atomic E-state index is 0.0932. The van der Waals surface area contributed by atoms with Gasteiger partial charge in [0.05, 0.1) is 26.6 Å². The van der Waals surface area contributed by atoms with Gasteiger partial charge in [-0.15, -0.1) is 0 Å². The maximum atomic E-state index is 11.0. The van der Waals surface area contributed by atoms with Gasteiger partial charge in [0.15, 0.2) is 5.75 Å². The predicted octanol–water partition coefficient (Wildman–Crippen LogP) is 6.54. The molecule has 3 aromatic rings. The van der Waals surface area contributed by atoms with Crippen molar-refractivity contribution in [2.24, 2.45) is 0 Å². The normalized spacial score (nSPS) is 11.0. The Kier molecular flexibility index (Phi) is 6.50. The third-order valence-electron chi connectivity index (χ3n) is 4.05. The highest BCUT2D eigenvalue weighted by molar-refractivity contribution is 6.37. The molecule has 0 amide bonds. The lowest BCUT2D eigenvalue weighted by atomic mass is 10.0. The van der Waals surface area contributed by atoms with Crippen LogP contribution in [0, 0.1) is 21.4 Å². The van der Waals surface area contributed by atoms with Crippen LogP contribution in [0.3, 0.4) is 0 Å². The zero-order valence-corrected chi connectivity index (χ0v) is 16.5. The third kappa shape index (κ3) is 5.14. The lowest BCUT2D eigenvalue weighted by Gasteiger charge is -2.11. The number of benzene rings is 3. The molecule has 29 heavy (non-hydrogen) atoms.